The normalized spacial score (nSPS) is 13.4. The SMILES string of the molecule is COCCCOC(=O)C(N)CCS(C)(=O)=O. The van der Waals surface area contributed by atoms with Gasteiger partial charge in [-0.1, -0.05) is 0 Å². The zero-order valence-electron chi connectivity index (χ0n) is 9.64. The maximum atomic E-state index is 11.2. The molecule has 0 rings (SSSR count). The quantitative estimate of drug-likeness (QED) is 0.455. The van der Waals surface area contributed by atoms with Crippen molar-refractivity contribution in [2.75, 3.05) is 32.3 Å². The highest BCUT2D eigenvalue weighted by Crippen LogP contribution is 1.97. The van der Waals surface area contributed by atoms with Crippen LogP contribution in [0.5, 0.6) is 0 Å². The van der Waals surface area contributed by atoms with E-state index in [1.807, 2.05) is 0 Å². The molecule has 0 heterocycles. The molecule has 0 aromatic rings. The van der Waals surface area contributed by atoms with E-state index in [2.05, 4.69) is 0 Å². The highest BCUT2D eigenvalue weighted by atomic mass is 32.2. The standard InChI is InChI=1S/C9H19NO5S/c1-14-5-3-6-15-9(11)8(10)4-7-16(2,12)13/h8H,3-7,10H2,1-2H3. The Bertz CT molecular complexity index is 301. The van der Waals surface area contributed by atoms with Crippen LogP contribution >= 0.6 is 0 Å². The average molecular weight is 253 g/mol. The number of hydrogen-bond acceptors (Lipinski definition) is 6. The summed E-state index contributed by atoms with van der Waals surface area (Å²) in [6, 6.07) is -0.878. The van der Waals surface area contributed by atoms with Crippen molar-refractivity contribution < 1.29 is 22.7 Å². The third-order valence-electron chi connectivity index (χ3n) is 1.84. The van der Waals surface area contributed by atoms with E-state index in [-0.39, 0.29) is 18.8 Å². The highest BCUT2D eigenvalue weighted by Gasteiger charge is 2.16. The highest BCUT2D eigenvalue weighted by molar-refractivity contribution is 7.90. The van der Waals surface area contributed by atoms with Crippen LogP contribution in [0.3, 0.4) is 0 Å². The molecule has 1 unspecified atom stereocenters. The van der Waals surface area contributed by atoms with Gasteiger partial charge in [0.15, 0.2) is 0 Å². The van der Waals surface area contributed by atoms with Gasteiger partial charge in [0, 0.05) is 26.4 Å². The molecule has 0 bridgehead atoms. The van der Waals surface area contributed by atoms with Crippen molar-refractivity contribution in [3.05, 3.63) is 0 Å². The Hall–Kier alpha value is -0.660. The van der Waals surface area contributed by atoms with Gasteiger partial charge in [-0.3, -0.25) is 4.79 Å². The van der Waals surface area contributed by atoms with Crippen molar-refractivity contribution in [1.29, 1.82) is 0 Å². The molecule has 0 aliphatic rings. The molecular weight excluding hydrogens is 234 g/mol. The molecule has 96 valence electrons. The maximum Gasteiger partial charge on any atom is 0.322 e. The first-order valence-corrected chi connectivity index (χ1v) is 7.01. The molecule has 0 aromatic heterocycles. The number of carbonyl (C=O) groups is 1. The van der Waals surface area contributed by atoms with Crippen LogP contribution in [0.15, 0.2) is 0 Å². The smallest absolute Gasteiger partial charge is 0.322 e. The Balaban J connectivity index is 3.74. The summed E-state index contributed by atoms with van der Waals surface area (Å²) in [5, 5.41) is 0. The van der Waals surface area contributed by atoms with Gasteiger partial charge in [0.2, 0.25) is 0 Å². The second-order valence-corrected chi connectivity index (χ2v) is 5.80. The Morgan fingerprint density at radius 3 is 2.50 bits per heavy atom. The van der Waals surface area contributed by atoms with Crippen LogP contribution in [-0.2, 0) is 24.1 Å². The fourth-order valence-electron chi connectivity index (χ4n) is 0.942. The largest absolute Gasteiger partial charge is 0.464 e. The molecule has 6 nitrogen and oxygen atoms in total. The first kappa shape index (κ1) is 15.3. The van der Waals surface area contributed by atoms with Crippen molar-refractivity contribution in [2.24, 2.45) is 5.73 Å². The molecule has 0 saturated heterocycles. The van der Waals surface area contributed by atoms with Crippen LogP contribution < -0.4 is 5.73 Å². The molecule has 0 amide bonds. The summed E-state index contributed by atoms with van der Waals surface area (Å²) in [6.45, 7) is 0.741. The molecule has 0 aliphatic heterocycles. The van der Waals surface area contributed by atoms with Crippen LogP contribution in [0.1, 0.15) is 12.8 Å². The molecule has 0 fully saturated rings. The minimum Gasteiger partial charge on any atom is -0.464 e. The van der Waals surface area contributed by atoms with Gasteiger partial charge in [-0.05, 0) is 6.42 Å². The monoisotopic (exact) mass is 253 g/mol. The lowest BCUT2D eigenvalue weighted by molar-refractivity contribution is -0.145. The molecule has 16 heavy (non-hydrogen) atoms. The first-order valence-electron chi connectivity index (χ1n) is 4.95. The summed E-state index contributed by atoms with van der Waals surface area (Å²) in [5.41, 5.74) is 5.47. The van der Waals surface area contributed by atoms with E-state index in [0.29, 0.717) is 13.0 Å². The third kappa shape index (κ3) is 8.63. The zero-order chi connectivity index (χ0) is 12.6. The molecule has 2 N–H and O–H groups in total. The summed E-state index contributed by atoms with van der Waals surface area (Å²) >= 11 is 0. The Morgan fingerprint density at radius 1 is 1.38 bits per heavy atom. The fourth-order valence-corrected chi connectivity index (χ4v) is 1.62. The number of ether oxygens (including phenoxy) is 2. The fraction of sp³-hybridized carbons (Fsp3) is 0.889. The number of sulfone groups is 1. The molecule has 0 spiro atoms. The molecule has 0 aliphatic carbocycles. The van der Waals surface area contributed by atoms with Crippen LogP contribution in [0.25, 0.3) is 0 Å². The number of carbonyl (C=O) groups excluding carboxylic acids is 1. The van der Waals surface area contributed by atoms with Gasteiger partial charge >= 0.3 is 5.97 Å². The van der Waals surface area contributed by atoms with Gasteiger partial charge in [-0.25, -0.2) is 8.42 Å². The van der Waals surface area contributed by atoms with E-state index >= 15 is 0 Å². The topological polar surface area (TPSA) is 95.7 Å². The first-order chi connectivity index (χ1) is 7.37. The summed E-state index contributed by atoms with van der Waals surface area (Å²) in [4.78, 5) is 11.2. The summed E-state index contributed by atoms with van der Waals surface area (Å²) in [6.07, 6.45) is 1.78. The van der Waals surface area contributed by atoms with Crippen molar-refractivity contribution in [3.8, 4) is 0 Å². The lowest BCUT2D eigenvalue weighted by Gasteiger charge is -2.10. The molecule has 0 aromatic carbocycles. The van der Waals surface area contributed by atoms with Gasteiger partial charge in [-0.2, -0.15) is 0 Å². The number of nitrogens with two attached hydrogens (primary N) is 1. The average Bonchev–Trinajstić information content (AvgIpc) is 2.19. The Kier molecular flexibility index (Phi) is 7.27. The zero-order valence-corrected chi connectivity index (χ0v) is 10.5. The minimum atomic E-state index is -3.09. The number of esters is 1. The summed E-state index contributed by atoms with van der Waals surface area (Å²) < 4.78 is 31.3. The van der Waals surface area contributed by atoms with Crippen LogP contribution in [-0.4, -0.2) is 52.8 Å². The number of rotatable bonds is 8. The summed E-state index contributed by atoms with van der Waals surface area (Å²) in [7, 11) is -1.53. The van der Waals surface area contributed by atoms with E-state index in [1.54, 1.807) is 7.11 Å². The van der Waals surface area contributed by atoms with E-state index in [1.165, 1.54) is 0 Å². The molecule has 1 atom stereocenters. The van der Waals surface area contributed by atoms with Crippen LogP contribution in [0, 0.1) is 0 Å². The van der Waals surface area contributed by atoms with Crippen molar-refractivity contribution >= 4 is 15.8 Å². The van der Waals surface area contributed by atoms with Gasteiger partial charge in [0.25, 0.3) is 0 Å². The van der Waals surface area contributed by atoms with Crippen LogP contribution in [0.2, 0.25) is 0 Å². The number of methoxy groups -OCH3 is 1. The van der Waals surface area contributed by atoms with E-state index in [0.717, 1.165) is 6.26 Å². The predicted molar refractivity (Wildman–Crippen MR) is 59.8 cm³/mol. The summed E-state index contributed by atoms with van der Waals surface area (Å²) in [5.74, 6) is -0.679. The molecule has 0 radical (unpaired) electrons. The lowest BCUT2D eigenvalue weighted by atomic mass is 10.2. The third-order valence-corrected chi connectivity index (χ3v) is 2.82. The number of hydrogen-bond donors (Lipinski definition) is 1. The predicted octanol–water partition coefficient (Wildman–Crippen LogP) is -0.672. The van der Waals surface area contributed by atoms with E-state index in [9.17, 15) is 13.2 Å². The second kappa shape index (κ2) is 7.59. The Morgan fingerprint density at radius 2 is 2.00 bits per heavy atom. The minimum absolute atomic E-state index is 0.0853. The second-order valence-electron chi connectivity index (χ2n) is 3.54. The van der Waals surface area contributed by atoms with Gasteiger partial charge in [0.1, 0.15) is 15.9 Å². The van der Waals surface area contributed by atoms with Gasteiger partial charge in [0.05, 0.1) is 12.4 Å². The van der Waals surface area contributed by atoms with E-state index < -0.39 is 21.8 Å². The Labute approximate surface area is 96.0 Å². The maximum absolute atomic E-state index is 11.2. The van der Waals surface area contributed by atoms with Crippen LogP contribution in [0.4, 0.5) is 0 Å². The van der Waals surface area contributed by atoms with Gasteiger partial charge < -0.3 is 15.2 Å². The molecular formula is C9H19NO5S. The molecule has 7 heteroatoms. The molecule has 0 saturated carbocycles. The van der Waals surface area contributed by atoms with Gasteiger partial charge in [-0.15, -0.1) is 0 Å². The van der Waals surface area contributed by atoms with Crippen molar-refractivity contribution in [3.63, 3.8) is 0 Å². The lowest BCUT2D eigenvalue weighted by Crippen LogP contribution is -2.34. The van der Waals surface area contributed by atoms with Crippen molar-refractivity contribution in [2.45, 2.75) is 18.9 Å². The van der Waals surface area contributed by atoms with Crippen molar-refractivity contribution in [1.82, 2.24) is 0 Å². The van der Waals surface area contributed by atoms with E-state index in [4.69, 9.17) is 15.2 Å².